The minimum Gasteiger partial charge on any atom is -0.497 e. The molecule has 7 heteroatoms. The molecule has 2 amide bonds. The highest BCUT2D eigenvalue weighted by Crippen LogP contribution is 2.23. The van der Waals surface area contributed by atoms with Gasteiger partial charge in [0.2, 0.25) is 0 Å². The predicted octanol–water partition coefficient (Wildman–Crippen LogP) is 3.61. The molecule has 1 aromatic rings. The summed E-state index contributed by atoms with van der Waals surface area (Å²) in [6.45, 7) is -0.253. The molecule has 0 unspecified atom stereocenters. The molecule has 0 aromatic heterocycles. The molecule has 0 spiro atoms. The molecule has 1 heterocycles. The Hall–Kier alpha value is -1.92. The van der Waals surface area contributed by atoms with Crippen LogP contribution in [0.5, 0.6) is 5.75 Å². The summed E-state index contributed by atoms with van der Waals surface area (Å²) in [4.78, 5) is 13.2. The van der Waals surface area contributed by atoms with Gasteiger partial charge in [-0.3, -0.25) is 0 Å². The van der Waals surface area contributed by atoms with E-state index in [4.69, 9.17) is 4.74 Å². The average molecular weight is 344 g/mol. The summed E-state index contributed by atoms with van der Waals surface area (Å²) in [5.41, 5.74) is 1.24. The van der Waals surface area contributed by atoms with Gasteiger partial charge in [0.15, 0.2) is 0 Å². The second-order valence-electron chi connectivity index (χ2n) is 6.09. The van der Waals surface area contributed by atoms with Crippen molar-refractivity contribution in [2.24, 2.45) is 5.92 Å². The molecule has 1 aliphatic rings. The van der Waals surface area contributed by atoms with E-state index in [1.54, 1.807) is 7.11 Å². The van der Waals surface area contributed by atoms with Crippen LogP contribution < -0.4 is 10.1 Å². The maximum absolute atomic E-state index is 12.1. The SMILES string of the molecule is COc1ccc(CCC2CCN(C(=O)NCC(F)(F)F)CC2)cc1. The molecule has 1 aromatic carbocycles. The Labute approximate surface area is 140 Å². The van der Waals surface area contributed by atoms with Crippen molar-refractivity contribution in [3.63, 3.8) is 0 Å². The number of nitrogens with one attached hydrogen (secondary N) is 1. The van der Waals surface area contributed by atoms with E-state index in [1.807, 2.05) is 29.6 Å². The van der Waals surface area contributed by atoms with Gasteiger partial charge in [0.05, 0.1) is 7.11 Å². The van der Waals surface area contributed by atoms with E-state index in [9.17, 15) is 18.0 Å². The Balaban J connectivity index is 1.69. The summed E-state index contributed by atoms with van der Waals surface area (Å²) in [5.74, 6) is 1.33. The first kappa shape index (κ1) is 18.4. The van der Waals surface area contributed by atoms with Crippen LogP contribution in [-0.2, 0) is 6.42 Å². The fourth-order valence-electron chi connectivity index (χ4n) is 2.88. The molecule has 1 aliphatic heterocycles. The van der Waals surface area contributed by atoms with Gasteiger partial charge in [0.25, 0.3) is 0 Å². The summed E-state index contributed by atoms with van der Waals surface area (Å²) in [5, 5.41) is 1.93. The number of hydrogen-bond acceptors (Lipinski definition) is 2. The average Bonchev–Trinajstić information content (AvgIpc) is 2.58. The Morgan fingerprint density at radius 3 is 2.42 bits per heavy atom. The molecule has 0 saturated carbocycles. The predicted molar refractivity (Wildman–Crippen MR) is 85.1 cm³/mol. The third-order valence-electron chi connectivity index (χ3n) is 4.34. The van der Waals surface area contributed by atoms with E-state index in [-0.39, 0.29) is 0 Å². The Morgan fingerprint density at radius 1 is 1.25 bits per heavy atom. The fourth-order valence-corrected chi connectivity index (χ4v) is 2.88. The number of methoxy groups -OCH3 is 1. The van der Waals surface area contributed by atoms with Crippen molar-refractivity contribution in [2.45, 2.75) is 31.9 Å². The number of halogens is 3. The smallest absolute Gasteiger partial charge is 0.405 e. The van der Waals surface area contributed by atoms with Crippen LogP contribution in [0.2, 0.25) is 0 Å². The van der Waals surface area contributed by atoms with E-state index in [1.165, 1.54) is 10.5 Å². The molecule has 0 radical (unpaired) electrons. The van der Waals surface area contributed by atoms with Crippen LogP contribution in [0.3, 0.4) is 0 Å². The molecule has 0 aliphatic carbocycles. The molecule has 24 heavy (non-hydrogen) atoms. The topological polar surface area (TPSA) is 41.6 Å². The molecular weight excluding hydrogens is 321 g/mol. The Kier molecular flexibility index (Phi) is 6.34. The van der Waals surface area contributed by atoms with Crippen molar-refractivity contribution in [1.29, 1.82) is 0 Å². The second kappa shape index (κ2) is 8.26. The first-order valence-electron chi connectivity index (χ1n) is 8.10. The molecule has 1 fully saturated rings. The van der Waals surface area contributed by atoms with Crippen LogP contribution in [0.25, 0.3) is 0 Å². The minimum absolute atomic E-state index is 0.499. The number of piperidine rings is 1. The number of amides is 2. The number of nitrogens with zero attached hydrogens (tertiary/aromatic N) is 1. The molecule has 0 bridgehead atoms. The zero-order chi connectivity index (χ0) is 17.6. The van der Waals surface area contributed by atoms with E-state index in [2.05, 4.69) is 0 Å². The largest absolute Gasteiger partial charge is 0.497 e. The van der Waals surface area contributed by atoms with Crippen molar-refractivity contribution in [2.75, 3.05) is 26.7 Å². The normalized spacial score (nSPS) is 16.1. The monoisotopic (exact) mass is 344 g/mol. The number of hydrogen-bond donors (Lipinski definition) is 1. The van der Waals surface area contributed by atoms with Crippen molar-refractivity contribution in [3.8, 4) is 5.75 Å². The van der Waals surface area contributed by atoms with Crippen LogP contribution in [-0.4, -0.2) is 43.9 Å². The van der Waals surface area contributed by atoms with Gasteiger partial charge in [0, 0.05) is 13.1 Å². The van der Waals surface area contributed by atoms with Gasteiger partial charge in [-0.05, 0) is 49.3 Å². The quantitative estimate of drug-likeness (QED) is 0.886. The van der Waals surface area contributed by atoms with E-state index < -0.39 is 18.8 Å². The summed E-state index contributed by atoms with van der Waals surface area (Å²) in [6, 6.07) is 7.32. The fraction of sp³-hybridized carbons (Fsp3) is 0.588. The molecule has 134 valence electrons. The van der Waals surface area contributed by atoms with Gasteiger partial charge in [-0.1, -0.05) is 12.1 Å². The standard InChI is InChI=1S/C17H23F3N2O2/c1-24-15-6-4-13(5-7-15)2-3-14-8-10-22(11-9-14)16(23)21-12-17(18,19)20/h4-7,14H,2-3,8-12H2,1H3,(H,21,23). The van der Waals surface area contributed by atoms with Gasteiger partial charge in [-0.25, -0.2) is 4.79 Å². The first-order valence-corrected chi connectivity index (χ1v) is 8.10. The number of ether oxygens (including phenoxy) is 1. The molecule has 1 N–H and O–H groups in total. The number of benzene rings is 1. The van der Waals surface area contributed by atoms with Gasteiger partial charge in [0.1, 0.15) is 12.3 Å². The first-order chi connectivity index (χ1) is 11.4. The zero-order valence-corrected chi connectivity index (χ0v) is 13.7. The number of alkyl halides is 3. The summed E-state index contributed by atoms with van der Waals surface area (Å²) < 4.78 is 41.5. The van der Waals surface area contributed by atoms with E-state index in [0.717, 1.165) is 31.4 Å². The summed E-state index contributed by atoms with van der Waals surface area (Å²) in [6.07, 6.45) is -0.739. The van der Waals surface area contributed by atoms with Crippen LogP contribution in [0, 0.1) is 5.92 Å². The maximum atomic E-state index is 12.1. The molecular formula is C17H23F3N2O2. The van der Waals surface area contributed by atoms with Gasteiger partial charge in [-0.2, -0.15) is 13.2 Å². The Morgan fingerprint density at radius 2 is 1.88 bits per heavy atom. The van der Waals surface area contributed by atoms with Crippen LogP contribution in [0.15, 0.2) is 24.3 Å². The highest BCUT2D eigenvalue weighted by atomic mass is 19.4. The van der Waals surface area contributed by atoms with E-state index >= 15 is 0 Å². The Bertz CT molecular complexity index is 524. The number of rotatable bonds is 5. The van der Waals surface area contributed by atoms with E-state index in [0.29, 0.717) is 19.0 Å². The highest BCUT2D eigenvalue weighted by Gasteiger charge is 2.29. The van der Waals surface area contributed by atoms with Crippen LogP contribution in [0.4, 0.5) is 18.0 Å². The lowest BCUT2D eigenvalue weighted by atomic mass is 9.90. The third kappa shape index (κ3) is 5.94. The molecule has 4 nitrogen and oxygen atoms in total. The van der Waals surface area contributed by atoms with Crippen LogP contribution >= 0.6 is 0 Å². The number of urea groups is 1. The molecule has 0 atom stereocenters. The number of aryl methyl sites for hydroxylation is 1. The summed E-state index contributed by atoms with van der Waals surface area (Å²) >= 11 is 0. The van der Waals surface area contributed by atoms with Crippen LogP contribution in [0.1, 0.15) is 24.8 Å². The molecule has 2 rings (SSSR count). The van der Waals surface area contributed by atoms with Crippen molar-refractivity contribution < 1.29 is 22.7 Å². The van der Waals surface area contributed by atoms with Gasteiger partial charge < -0.3 is 15.0 Å². The second-order valence-corrected chi connectivity index (χ2v) is 6.09. The maximum Gasteiger partial charge on any atom is 0.405 e. The van der Waals surface area contributed by atoms with Crippen molar-refractivity contribution in [1.82, 2.24) is 10.2 Å². The summed E-state index contributed by atoms with van der Waals surface area (Å²) in [7, 11) is 1.63. The highest BCUT2D eigenvalue weighted by molar-refractivity contribution is 5.74. The van der Waals surface area contributed by atoms with Crippen molar-refractivity contribution >= 4 is 6.03 Å². The third-order valence-corrected chi connectivity index (χ3v) is 4.34. The van der Waals surface area contributed by atoms with Crippen molar-refractivity contribution in [3.05, 3.63) is 29.8 Å². The number of carbonyl (C=O) groups excluding carboxylic acids is 1. The van der Waals surface area contributed by atoms with Gasteiger partial charge >= 0.3 is 12.2 Å². The number of carbonyl (C=O) groups is 1. The number of likely N-dealkylation sites (tertiary alicyclic amines) is 1. The lowest BCUT2D eigenvalue weighted by Crippen LogP contribution is -2.46. The lowest BCUT2D eigenvalue weighted by Gasteiger charge is -2.32. The molecule has 1 saturated heterocycles. The zero-order valence-electron chi connectivity index (χ0n) is 13.7. The lowest BCUT2D eigenvalue weighted by molar-refractivity contribution is -0.123. The minimum atomic E-state index is -4.37. The van der Waals surface area contributed by atoms with Gasteiger partial charge in [-0.15, -0.1) is 0 Å².